The van der Waals surface area contributed by atoms with Gasteiger partial charge in [-0.3, -0.25) is 14.4 Å². The van der Waals surface area contributed by atoms with Crippen LogP contribution in [0.15, 0.2) is 30.3 Å². The van der Waals surface area contributed by atoms with Crippen molar-refractivity contribution in [3.63, 3.8) is 0 Å². The van der Waals surface area contributed by atoms with Gasteiger partial charge in [-0.05, 0) is 18.4 Å². The topological polar surface area (TPSA) is 104 Å². The summed E-state index contributed by atoms with van der Waals surface area (Å²) in [6.07, 6.45) is 4.49. The largest absolute Gasteiger partial charge is 0.459 e. The number of carbonyl (C=O) groups excluding carboxylic acids is 4. The zero-order valence-corrected chi connectivity index (χ0v) is 20.5. The van der Waals surface area contributed by atoms with Crippen molar-refractivity contribution >= 4 is 34.7 Å². The Labute approximate surface area is 205 Å². The van der Waals surface area contributed by atoms with E-state index >= 15 is 0 Å². The Morgan fingerprint density at radius 2 is 1.76 bits per heavy atom. The van der Waals surface area contributed by atoms with Crippen LogP contribution in [0.4, 0.5) is 0 Å². The van der Waals surface area contributed by atoms with Gasteiger partial charge in [0.2, 0.25) is 11.8 Å². The number of nitrogens with zero attached hydrogens (tertiary/aromatic N) is 2. The summed E-state index contributed by atoms with van der Waals surface area (Å²) in [6.45, 7) is 1.53. The second-order valence-electron chi connectivity index (χ2n) is 8.94. The molecule has 34 heavy (non-hydrogen) atoms. The van der Waals surface area contributed by atoms with Crippen molar-refractivity contribution in [3.8, 4) is 0 Å². The molecule has 186 valence electrons. The summed E-state index contributed by atoms with van der Waals surface area (Å²) in [5.41, 5.74) is 0.831. The predicted octanol–water partition coefficient (Wildman–Crippen LogP) is 2.87. The Hall–Kier alpha value is -2.39. The van der Waals surface area contributed by atoms with Crippen LogP contribution >= 0.6 is 11.8 Å². The molecule has 0 aromatic heterocycles. The van der Waals surface area contributed by atoms with Gasteiger partial charge in [0.25, 0.3) is 0 Å². The molecular weight excluding hydrogens is 456 g/mol. The van der Waals surface area contributed by atoms with E-state index < -0.39 is 24.2 Å². The quantitative estimate of drug-likeness (QED) is 0.612. The van der Waals surface area contributed by atoms with Crippen molar-refractivity contribution in [2.45, 2.75) is 83.1 Å². The molecule has 0 radical (unpaired) electrons. The normalized spacial score (nSPS) is 24.1. The van der Waals surface area contributed by atoms with E-state index in [1.54, 1.807) is 0 Å². The molecule has 2 aliphatic heterocycles. The van der Waals surface area contributed by atoms with E-state index in [2.05, 4.69) is 0 Å². The van der Waals surface area contributed by atoms with Crippen LogP contribution in [-0.2, 0) is 30.5 Å². The highest BCUT2D eigenvalue weighted by atomic mass is 32.2. The van der Waals surface area contributed by atoms with Crippen LogP contribution in [0.3, 0.4) is 0 Å². The van der Waals surface area contributed by atoms with Gasteiger partial charge in [-0.15, -0.1) is 0 Å². The Kier molecular flexibility index (Phi) is 9.95. The summed E-state index contributed by atoms with van der Waals surface area (Å²) >= 11 is 1.00. The SMILES string of the molecule is CC(=O)SCN1C(=O)CCCCCCC[C@H]1C(=O)N1C[C@H](O)C[C@H]1C(=O)OCc1ccccc1. The number of thioether (sulfide) groups is 1. The monoisotopic (exact) mass is 490 g/mol. The number of hydrogen-bond acceptors (Lipinski definition) is 7. The molecule has 1 aromatic carbocycles. The van der Waals surface area contributed by atoms with E-state index in [4.69, 9.17) is 4.74 Å². The maximum Gasteiger partial charge on any atom is 0.329 e. The van der Waals surface area contributed by atoms with Crippen molar-refractivity contribution < 1.29 is 29.0 Å². The molecule has 0 saturated carbocycles. The smallest absolute Gasteiger partial charge is 0.329 e. The average molecular weight is 491 g/mol. The van der Waals surface area contributed by atoms with E-state index in [-0.39, 0.29) is 42.4 Å². The molecule has 0 bridgehead atoms. The molecule has 9 heteroatoms. The van der Waals surface area contributed by atoms with E-state index in [1.165, 1.54) is 16.7 Å². The van der Waals surface area contributed by atoms with Gasteiger partial charge in [0.05, 0.1) is 12.0 Å². The number of β-amino-alcohol motifs (C(OH)–C–C–N with tert-alkyl or cyclic N) is 1. The van der Waals surface area contributed by atoms with Gasteiger partial charge < -0.3 is 19.6 Å². The number of aliphatic hydroxyl groups excluding tert-OH is 1. The third-order valence-electron chi connectivity index (χ3n) is 6.31. The van der Waals surface area contributed by atoms with Gasteiger partial charge in [0.15, 0.2) is 5.12 Å². The summed E-state index contributed by atoms with van der Waals surface area (Å²) in [7, 11) is 0. The van der Waals surface area contributed by atoms with Gasteiger partial charge in [0, 0.05) is 26.3 Å². The molecule has 1 aromatic rings. The summed E-state index contributed by atoms with van der Waals surface area (Å²) in [4.78, 5) is 54.1. The van der Waals surface area contributed by atoms with Crippen LogP contribution in [0.1, 0.15) is 63.9 Å². The van der Waals surface area contributed by atoms with Gasteiger partial charge in [-0.25, -0.2) is 4.79 Å². The van der Waals surface area contributed by atoms with Crippen molar-refractivity contribution in [1.82, 2.24) is 9.80 Å². The van der Waals surface area contributed by atoms with E-state index in [0.29, 0.717) is 12.8 Å². The van der Waals surface area contributed by atoms with E-state index in [9.17, 15) is 24.3 Å². The summed E-state index contributed by atoms with van der Waals surface area (Å²) in [5, 5.41) is 10.2. The number of aliphatic hydroxyl groups is 1. The van der Waals surface area contributed by atoms with Crippen molar-refractivity contribution in [2.24, 2.45) is 0 Å². The lowest BCUT2D eigenvalue weighted by Crippen LogP contribution is -2.53. The number of hydrogen-bond donors (Lipinski definition) is 1. The van der Waals surface area contributed by atoms with Gasteiger partial charge in [0.1, 0.15) is 18.7 Å². The minimum atomic E-state index is -0.904. The van der Waals surface area contributed by atoms with Crippen LogP contribution in [0.25, 0.3) is 0 Å². The fourth-order valence-corrected chi connectivity index (χ4v) is 5.14. The van der Waals surface area contributed by atoms with Crippen LogP contribution in [0, 0.1) is 0 Å². The third kappa shape index (κ3) is 7.30. The number of ether oxygens (including phenoxy) is 1. The molecule has 0 spiro atoms. The zero-order valence-electron chi connectivity index (χ0n) is 19.7. The molecular formula is C25H34N2O6S. The van der Waals surface area contributed by atoms with E-state index in [1.807, 2.05) is 30.3 Å². The Morgan fingerprint density at radius 1 is 1.06 bits per heavy atom. The summed E-state index contributed by atoms with van der Waals surface area (Å²) in [5.74, 6) is -0.984. The summed E-state index contributed by atoms with van der Waals surface area (Å²) in [6, 6.07) is 7.58. The zero-order chi connectivity index (χ0) is 24.5. The molecule has 3 atom stereocenters. The first-order valence-corrected chi connectivity index (χ1v) is 13.0. The molecule has 8 nitrogen and oxygen atoms in total. The maximum absolute atomic E-state index is 13.7. The van der Waals surface area contributed by atoms with E-state index in [0.717, 1.165) is 49.4 Å². The first-order valence-electron chi connectivity index (χ1n) is 12.0. The molecule has 2 saturated heterocycles. The van der Waals surface area contributed by atoms with Gasteiger partial charge in [-0.1, -0.05) is 67.8 Å². The lowest BCUT2D eigenvalue weighted by Gasteiger charge is -2.35. The number of amides is 2. The lowest BCUT2D eigenvalue weighted by molar-refractivity contribution is -0.157. The van der Waals surface area contributed by atoms with Crippen LogP contribution in [0.5, 0.6) is 0 Å². The second-order valence-corrected chi connectivity index (χ2v) is 10.1. The molecule has 2 amide bonds. The number of carbonyl (C=O) groups is 4. The van der Waals surface area contributed by atoms with Crippen molar-refractivity contribution in [2.75, 3.05) is 12.4 Å². The van der Waals surface area contributed by atoms with Gasteiger partial charge >= 0.3 is 5.97 Å². The standard InChI is InChI=1S/C25H34N2O6S/c1-18(28)34-17-27-21(12-8-3-2-4-9-13-23(27)30)24(31)26-15-20(29)14-22(26)25(32)33-16-19-10-6-5-7-11-19/h5-7,10-11,20-22,29H,2-4,8-9,12-17H2,1H3/t20-,21+,22+/m1/s1. The minimum Gasteiger partial charge on any atom is -0.459 e. The molecule has 0 aliphatic carbocycles. The number of likely N-dealkylation sites (tertiary alicyclic amines) is 1. The fraction of sp³-hybridized carbons (Fsp3) is 0.600. The summed E-state index contributed by atoms with van der Waals surface area (Å²) < 4.78 is 5.46. The van der Waals surface area contributed by atoms with Crippen molar-refractivity contribution in [3.05, 3.63) is 35.9 Å². The molecule has 1 N–H and O–H groups in total. The number of rotatable bonds is 6. The number of benzene rings is 1. The highest BCUT2D eigenvalue weighted by Gasteiger charge is 2.44. The Bertz CT molecular complexity index is 864. The van der Waals surface area contributed by atoms with Crippen molar-refractivity contribution in [1.29, 1.82) is 0 Å². The molecule has 0 unspecified atom stereocenters. The molecule has 2 fully saturated rings. The van der Waals surface area contributed by atoms with Crippen LogP contribution in [0.2, 0.25) is 0 Å². The fourth-order valence-electron chi connectivity index (χ4n) is 4.49. The lowest BCUT2D eigenvalue weighted by atomic mass is 10.0. The van der Waals surface area contributed by atoms with Crippen LogP contribution < -0.4 is 0 Å². The van der Waals surface area contributed by atoms with Crippen LogP contribution in [-0.4, -0.2) is 68.4 Å². The predicted molar refractivity (Wildman–Crippen MR) is 128 cm³/mol. The number of esters is 1. The minimum absolute atomic E-state index is 0.0162. The first kappa shape index (κ1) is 26.2. The first-order chi connectivity index (χ1) is 16.4. The molecule has 2 heterocycles. The highest BCUT2D eigenvalue weighted by Crippen LogP contribution is 2.26. The average Bonchev–Trinajstić information content (AvgIpc) is 3.22. The molecule has 3 rings (SSSR count). The highest BCUT2D eigenvalue weighted by molar-refractivity contribution is 8.13. The third-order valence-corrected chi connectivity index (χ3v) is 7.13. The van der Waals surface area contributed by atoms with Gasteiger partial charge in [-0.2, -0.15) is 0 Å². The molecule has 2 aliphatic rings. The second kappa shape index (κ2) is 12.9. The maximum atomic E-state index is 13.7. The Morgan fingerprint density at radius 3 is 2.50 bits per heavy atom. The Balaban J connectivity index is 1.76.